The van der Waals surface area contributed by atoms with Gasteiger partial charge in [0.15, 0.2) is 0 Å². The van der Waals surface area contributed by atoms with Gasteiger partial charge in [-0.3, -0.25) is 9.59 Å². The van der Waals surface area contributed by atoms with Crippen molar-refractivity contribution in [3.8, 4) is 0 Å². The average Bonchev–Trinajstić information content (AvgIpc) is 2.91. The van der Waals surface area contributed by atoms with Crippen molar-refractivity contribution in [2.45, 2.75) is 32.3 Å². The summed E-state index contributed by atoms with van der Waals surface area (Å²) in [6.07, 6.45) is 2.28. The Bertz CT molecular complexity index is 463. The first-order valence-corrected chi connectivity index (χ1v) is 6.77. The second-order valence-corrected chi connectivity index (χ2v) is 4.87. The molecule has 0 bridgehead atoms. The minimum Gasteiger partial charge on any atom is -0.463 e. The molecule has 1 aromatic carbocycles. The number of nitrogens with one attached hydrogen (secondary N) is 1. The number of esters is 1. The van der Waals surface area contributed by atoms with Crippen LogP contribution in [0.25, 0.3) is 0 Å². The molecule has 0 radical (unpaired) electrons. The minimum atomic E-state index is -0.257. The molecule has 1 unspecified atom stereocenters. The molecule has 1 saturated heterocycles. The van der Waals surface area contributed by atoms with Gasteiger partial charge in [0.1, 0.15) is 6.61 Å². The van der Waals surface area contributed by atoms with Crippen molar-refractivity contribution in [1.82, 2.24) is 0 Å². The molecule has 0 aliphatic carbocycles. The van der Waals surface area contributed by atoms with Gasteiger partial charge in [-0.05, 0) is 30.5 Å². The van der Waals surface area contributed by atoms with E-state index in [1.54, 1.807) is 24.3 Å². The van der Waals surface area contributed by atoms with Crippen molar-refractivity contribution < 1.29 is 19.1 Å². The molecule has 5 heteroatoms. The van der Waals surface area contributed by atoms with Gasteiger partial charge in [0.05, 0.1) is 12.5 Å². The highest BCUT2D eigenvalue weighted by atomic mass is 16.6. The van der Waals surface area contributed by atoms with E-state index < -0.39 is 0 Å². The van der Waals surface area contributed by atoms with Crippen LogP contribution in [0.5, 0.6) is 0 Å². The summed E-state index contributed by atoms with van der Waals surface area (Å²) in [5.41, 5.74) is 1.57. The summed E-state index contributed by atoms with van der Waals surface area (Å²) in [5, 5.41) is 2.68. The highest BCUT2D eigenvalue weighted by Crippen LogP contribution is 2.13. The van der Waals surface area contributed by atoms with Crippen LogP contribution in [0.1, 0.15) is 25.3 Å². The number of hydrogen-bond donors (Lipinski definition) is 1. The molecule has 1 N–H and O–H groups in total. The summed E-state index contributed by atoms with van der Waals surface area (Å²) in [4.78, 5) is 22.6. The van der Waals surface area contributed by atoms with Gasteiger partial charge < -0.3 is 14.8 Å². The Balaban J connectivity index is 1.76. The first-order chi connectivity index (χ1) is 9.63. The van der Waals surface area contributed by atoms with Crippen LogP contribution in [-0.4, -0.2) is 31.2 Å². The lowest BCUT2D eigenvalue weighted by Crippen LogP contribution is -2.18. The molecule has 1 amide bonds. The van der Waals surface area contributed by atoms with E-state index in [1.807, 2.05) is 0 Å². The molecule has 1 aliphatic rings. The standard InChI is InChI=1S/C15H19NO4/c1-11(17)16-13-6-4-12(5-7-13)9-15(18)20-10-14-3-2-8-19-14/h4-7,14H,2-3,8-10H2,1H3,(H,16,17). The van der Waals surface area contributed by atoms with Crippen LogP contribution >= 0.6 is 0 Å². The third-order valence-electron chi connectivity index (χ3n) is 3.08. The van der Waals surface area contributed by atoms with Crippen molar-refractivity contribution in [3.05, 3.63) is 29.8 Å². The van der Waals surface area contributed by atoms with Gasteiger partial charge in [-0.2, -0.15) is 0 Å². The van der Waals surface area contributed by atoms with E-state index in [-0.39, 0.29) is 24.4 Å². The molecule has 0 aromatic heterocycles. The molecule has 108 valence electrons. The van der Waals surface area contributed by atoms with Crippen molar-refractivity contribution >= 4 is 17.6 Å². The van der Waals surface area contributed by atoms with Gasteiger partial charge in [-0.15, -0.1) is 0 Å². The summed E-state index contributed by atoms with van der Waals surface area (Å²) in [7, 11) is 0. The largest absolute Gasteiger partial charge is 0.463 e. The Kier molecular flexibility index (Phi) is 5.12. The minimum absolute atomic E-state index is 0.0566. The van der Waals surface area contributed by atoms with Gasteiger partial charge >= 0.3 is 5.97 Å². The molecular weight excluding hydrogens is 258 g/mol. The Morgan fingerprint density at radius 2 is 2.10 bits per heavy atom. The molecule has 1 fully saturated rings. The summed E-state index contributed by atoms with van der Waals surface area (Å²) in [6, 6.07) is 7.14. The summed E-state index contributed by atoms with van der Waals surface area (Å²) >= 11 is 0. The predicted octanol–water partition coefficient (Wildman–Crippen LogP) is 1.91. The Hall–Kier alpha value is -1.88. The van der Waals surface area contributed by atoms with E-state index in [0.29, 0.717) is 12.3 Å². The Morgan fingerprint density at radius 3 is 2.70 bits per heavy atom. The van der Waals surface area contributed by atoms with Gasteiger partial charge in [0.2, 0.25) is 5.91 Å². The maximum absolute atomic E-state index is 11.7. The fourth-order valence-electron chi connectivity index (χ4n) is 2.09. The molecule has 0 spiro atoms. The molecule has 1 atom stereocenters. The third-order valence-corrected chi connectivity index (χ3v) is 3.08. The first kappa shape index (κ1) is 14.5. The lowest BCUT2D eigenvalue weighted by molar-refractivity contribution is -0.146. The number of ether oxygens (including phenoxy) is 2. The fourth-order valence-corrected chi connectivity index (χ4v) is 2.09. The summed E-state index contributed by atoms with van der Waals surface area (Å²) < 4.78 is 10.6. The van der Waals surface area contributed by atoms with E-state index in [2.05, 4.69) is 5.32 Å². The molecule has 1 heterocycles. The van der Waals surface area contributed by atoms with E-state index in [9.17, 15) is 9.59 Å². The Labute approximate surface area is 118 Å². The maximum atomic E-state index is 11.7. The normalized spacial score (nSPS) is 17.8. The second kappa shape index (κ2) is 7.05. The number of carbonyl (C=O) groups excluding carboxylic acids is 2. The van der Waals surface area contributed by atoms with Crippen molar-refractivity contribution in [2.75, 3.05) is 18.5 Å². The maximum Gasteiger partial charge on any atom is 0.310 e. The molecule has 2 rings (SSSR count). The summed E-state index contributed by atoms with van der Waals surface area (Å²) in [5.74, 6) is -0.374. The Morgan fingerprint density at radius 1 is 1.35 bits per heavy atom. The SMILES string of the molecule is CC(=O)Nc1ccc(CC(=O)OCC2CCCO2)cc1. The van der Waals surface area contributed by atoms with E-state index >= 15 is 0 Å². The van der Waals surface area contributed by atoms with Crippen LogP contribution < -0.4 is 5.32 Å². The zero-order valence-electron chi connectivity index (χ0n) is 11.6. The molecule has 1 aromatic rings. The summed E-state index contributed by atoms with van der Waals surface area (Å²) in [6.45, 7) is 2.55. The topological polar surface area (TPSA) is 64.6 Å². The average molecular weight is 277 g/mol. The lowest BCUT2D eigenvalue weighted by Gasteiger charge is -2.10. The fraction of sp³-hybridized carbons (Fsp3) is 0.467. The van der Waals surface area contributed by atoms with Gasteiger partial charge in [-0.25, -0.2) is 0 Å². The van der Waals surface area contributed by atoms with Gasteiger partial charge in [0.25, 0.3) is 0 Å². The van der Waals surface area contributed by atoms with Crippen LogP contribution in [0.15, 0.2) is 24.3 Å². The third kappa shape index (κ3) is 4.66. The van der Waals surface area contributed by atoms with Crippen LogP contribution in [0.3, 0.4) is 0 Å². The van der Waals surface area contributed by atoms with Crippen molar-refractivity contribution in [1.29, 1.82) is 0 Å². The van der Waals surface area contributed by atoms with Crippen LogP contribution in [0, 0.1) is 0 Å². The lowest BCUT2D eigenvalue weighted by atomic mass is 10.1. The van der Waals surface area contributed by atoms with E-state index in [1.165, 1.54) is 6.92 Å². The molecule has 20 heavy (non-hydrogen) atoms. The quantitative estimate of drug-likeness (QED) is 0.835. The zero-order valence-corrected chi connectivity index (χ0v) is 11.6. The molecule has 1 aliphatic heterocycles. The molecule has 0 saturated carbocycles. The molecular formula is C15H19NO4. The predicted molar refractivity (Wildman–Crippen MR) is 74.4 cm³/mol. The van der Waals surface area contributed by atoms with Gasteiger partial charge in [0, 0.05) is 19.2 Å². The number of benzene rings is 1. The van der Waals surface area contributed by atoms with E-state index in [4.69, 9.17) is 9.47 Å². The highest BCUT2D eigenvalue weighted by molar-refractivity contribution is 5.88. The number of carbonyl (C=O) groups is 2. The monoisotopic (exact) mass is 277 g/mol. The highest BCUT2D eigenvalue weighted by Gasteiger charge is 2.17. The first-order valence-electron chi connectivity index (χ1n) is 6.77. The number of anilines is 1. The van der Waals surface area contributed by atoms with Crippen molar-refractivity contribution in [3.63, 3.8) is 0 Å². The zero-order chi connectivity index (χ0) is 14.4. The number of amides is 1. The van der Waals surface area contributed by atoms with Crippen LogP contribution in [0.4, 0.5) is 5.69 Å². The molecule has 5 nitrogen and oxygen atoms in total. The smallest absolute Gasteiger partial charge is 0.310 e. The van der Waals surface area contributed by atoms with Crippen LogP contribution in [-0.2, 0) is 25.5 Å². The number of hydrogen-bond acceptors (Lipinski definition) is 4. The second-order valence-electron chi connectivity index (χ2n) is 4.87. The van der Waals surface area contributed by atoms with Crippen LogP contribution in [0.2, 0.25) is 0 Å². The van der Waals surface area contributed by atoms with E-state index in [0.717, 1.165) is 25.0 Å². The van der Waals surface area contributed by atoms with Crippen molar-refractivity contribution in [2.24, 2.45) is 0 Å². The number of rotatable bonds is 5. The van der Waals surface area contributed by atoms with Gasteiger partial charge in [-0.1, -0.05) is 12.1 Å².